The standard InChI is InChI=1S/C23H31N5O2.HI/c1-24-22(26-16-19-9-11-21(12-10-19)27-23(29)30-2)25-15-18-5-7-20(8-6-18)17-28-13-3-4-14-28;/h5-12H,3-4,13-17H2,1-2H3,(H,27,29)(H2,24,25,26);1H. The van der Waals surface area contributed by atoms with Crippen molar-refractivity contribution < 1.29 is 9.53 Å². The van der Waals surface area contributed by atoms with E-state index in [1.54, 1.807) is 7.05 Å². The molecule has 0 aliphatic carbocycles. The monoisotopic (exact) mass is 537 g/mol. The van der Waals surface area contributed by atoms with E-state index in [2.05, 4.69) is 54.8 Å². The van der Waals surface area contributed by atoms with Crippen molar-refractivity contribution in [2.45, 2.75) is 32.5 Å². The maximum absolute atomic E-state index is 11.2. The fourth-order valence-corrected chi connectivity index (χ4v) is 3.43. The van der Waals surface area contributed by atoms with Gasteiger partial charge in [0.25, 0.3) is 0 Å². The summed E-state index contributed by atoms with van der Waals surface area (Å²) in [6, 6.07) is 16.4. The van der Waals surface area contributed by atoms with Crippen LogP contribution in [0.25, 0.3) is 0 Å². The Morgan fingerprint density at radius 3 is 1.97 bits per heavy atom. The highest BCUT2D eigenvalue weighted by Crippen LogP contribution is 2.13. The van der Waals surface area contributed by atoms with Gasteiger partial charge in [0.2, 0.25) is 0 Å². The highest BCUT2D eigenvalue weighted by Gasteiger charge is 2.11. The Morgan fingerprint density at radius 1 is 0.935 bits per heavy atom. The van der Waals surface area contributed by atoms with Crippen molar-refractivity contribution in [2.24, 2.45) is 4.99 Å². The molecule has 8 heteroatoms. The summed E-state index contributed by atoms with van der Waals surface area (Å²) in [7, 11) is 3.10. The van der Waals surface area contributed by atoms with E-state index < -0.39 is 6.09 Å². The molecule has 0 aromatic heterocycles. The van der Waals surface area contributed by atoms with Crippen LogP contribution in [0, 0.1) is 0 Å². The number of anilines is 1. The number of benzene rings is 2. The minimum atomic E-state index is -0.477. The van der Waals surface area contributed by atoms with Crippen molar-refractivity contribution in [3.63, 3.8) is 0 Å². The Bertz CT molecular complexity index is 834. The van der Waals surface area contributed by atoms with E-state index in [0.717, 1.165) is 18.1 Å². The first-order valence-electron chi connectivity index (χ1n) is 10.3. The molecule has 0 radical (unpaired) electrons. The number of likely N-dealkylation sites (tertiary alicyclic amines) is 1. The molecule has 1 fully saturated rings. The predicted octanol–water partition coefficient (Wildman–Crippen LogP) is 3.94. The second kappa shape index (κ2) is 13.2. The molecular formula is C23H32IN5O2. The molecule has 3 rings (SSSR count). The fraction of sp³-hybridized carbons (Fsp3) is 0.391. The van der Waals surface area contributed by atoms with Gasteiger partial charge in [-0.15, -0.1) is 24.0 Å². The highest BCUT2D eigenvalue weighted by atomic mass is 127. The molecule has 168 valence electrons. The number of nitrogens with one attached hydrogen (secondary N) is 3. The molecule has 0 spiro atoms. The van der Waals surface area contributed by atoms with Gasteiger partial charge in [-0.3, -0.25) is 15.2 Å². The van der Waals surface area contributed by atoms with Gasteiger partial charge in [0.1, 0.15) is 0 Å². The number of aliphatic imine (C=N–C) groups is 1. The van der Waals surface area contributed by atoms with Gasteiger partial charge in [0.15, 0.2) is 5.96 Å². The van der Waals surface area contributed by atoms with Gasteiger partial charge in [-0.1, -0.05) is 36.4 Å². The van der Waals surface area contributed by atoms with Crippen LogP contribution >= 0.6 is 24.0 Å². The molecule has 1 amide bonds. The number of halogens is 1. The van der Waals surface area contributed by atoms with Crippen LogP contribution in [-0.4, -0.2) is 44.2 Å². The molecule has 0 saturated carbocycles. The Morgan fingerprint density at radius 2 is 1.45 bits per heavy atom. The summed E-state index contributed by atoms with van der Waals surface area (Å²) in [4.78, 5) is 18.0. The number of carbonyl (C=O) groups is 1. The lowest BCUT2D eigenvalue weighted by Gasteiger charge is -2.15. The van der Waals surface area contributed by atoms with E-state index >= 15 is 0 Å². The van der Waals surface area contributed by atoms with Gasteiger partial charge in [0.05, 0.1) is 7.11 Å². The van der Waals surface area contributed by atoms with Crippen LogP contribution in [0.5, 0.6) is 0 Å². The van der Waals surface area contributed by atoms with Crippen molar-refractivity contribution >= 4 is 41.7 Å². The average Bonchev–Trinajstić information content (AvgIpc) is 3.29. The third kappa shape index (κ3) is 8.37. The second-order valence-electron chi connectivity index (χ2n) is 7.39. The zero-order chi connectivity index (χ0) is 21.2. The fourth-order valence-electron chi connectivity index (χ4n) is 3.43. The zero-order valence-corrected chi connectivity index (χ0v) is 20.5. The van der Waals surface area contributed by atoms with E-state index in [9.17, 15) is 4.79 Å². The number of rotatable bonds is 7. The smallest absolute Gasteiger partial charge is 0.411 e. The third-order valence-corrected chi connectivity index (χ3v) is 5.16. The van der Waals surface area contributed by atoms with Crippen molar-refractivity contribution in [3.05, 3.63) is 65.2 Å². The van der Waals surface area contributed by atoms with Crippen LogP contribution in [0.3, 0.4) is 0 Å². The number of hydrogen-bond acceptors (Lipinski definition) is 4. The van der Waals surface area contributed by atoms with Gasteiger partial charge >= 0.3 is 6.09 Å². The lowest BCUT2D eigenvalue weighted by Crippen LogP contribution is -2.36. The number of amides is 1. The molecule has 0 unspecified atom stereocenters. The Kier molecular flexibility index (Phi) is 10.6. The van der Waals surface area contributed by atoms with E-state index in [1.165, 1.54) is 44.2 Å². The van der Waals surface area contributed by atoms with Gasteiger partial charge in [-0.05, 0) is 54.8 Å². The summed E-state index contributed by atoms with van der Waals surface area (Å²) in [5.41, 5.74) is 4.37. The maximum Gasteiger partial charge on any atom is 0.411 e. The number of ether oxygens (including phenoxy) is 1. The molecule has 3 N–H and O–H groups in total. The maximum atomic E-state index is 11.2. The summed E-state index contributed by atoms with van der Waals surface area (Å²) in [5, 5.41) is 9.29. The van der Waals surface area contributed by atoms with E-state index in [-0.39, 0.29) is 24.0 Å². The summed E-state index contributed by atoms with van der Waals surface area (Å²) >= 11 is 0. The summed E-state index contributed by atoms with van der Waals surface area (Å²) < 4.78 is 4.59. The molecule has 1 aliphatic heterocycles. The Labute approximate surface area is 201 Å². The van der Waals surface area contributed by atoms with Crippen molar-refractivity contribution in [2.75, 3.05) is 32.6 Å². The van der Waals surface area contributed by atoms with Crippen LogP contribution < -0.4 is 16.0 Å². The molecule has 2 aromatic carbocycles. The summed E-state index contributed by atoms with van der Waals surface area (Å²) in [5.74, 6) is 0.743. The van der Waals surface area contributed by atoms with Gasteiger partial charge in [-0.25, -0.2) is 4.79 Å². The van der Waals surface area contributed by atoms with Gasteiger partial charge in [-0.2, -0.15) is 0 Å². The first kappa shape index (κ1) is 24.9. The van der Waals surface area contributed by atoms with E-state index in [4.69, 9.17) is 0 Å². The minimum Gasteiger partial charge on any atom is -0.453 e. The van der Waals surface area contributed by atoms with Crippen LogP contribution in [0.1, 0.15) is 29.5 Å². The molecular weight excluding hydrogens is 505 g/mol. The second-order valence-corrected chi connectivity index (χ2v) is 7.39. The lowest BCUT2D eigenvalue weighted by molar-refractivity contribution is 0.187. The molecule has 0 atom stereocenters. The molecule has 1 heterocycles. The van der Waals surface area contributed by atoms with Crippen LogP contribution in [0.2, 0.25) is 0 Å². The SMILES string of the molecule is CN=C(NCc1ccc(CN2CCCC2)cc1)NCc1ccc(NC(=O)OC)cc1.I. The predicted molar refractivity (Wildman–Crippen MR) is 136 cm³/mol. The number of carbonyl (C=O) groups excluding carboxylic acids is 1. The largest absolute Gasteiger partial charge is 0.453 e. The van der Waals surface area contributed by atoms with Crippen molar-refractivity contribution in [1.29, 1.82) is 0 Å². The highest BCUT2D eigenvalue weighted by molar-refractivity contribution is 14.0. The lowest BCUT2D eigenvalue weighted by atomic mass is 10.1. The van der Waals surface area contributed by atoms with Crippen molar-refractivity contribution in [3.8, 4) is 0 Å². The molecule has 2 aromatic rings. The topological polar surface area (TPSA) is 78.0 Å². The minimum absolute atomic E-state index is 0. The first-order chi connectivity index (χ1) is 14.7. The van der Waals surface area contributed by atoms with Crippen LogP contribution in [-0.2, 0) is 24.4 Å². The number of methoxy groups -OCH3 is 1. The average molecular weight is 537 g/mol. The normalized spacial score (nSPS) is 13.9. The number of nitrogens with zero attached hydrogens (tertiary/aromatic N) is 2. The van der Waals surface area contributed by atoms with E-state index in [1.807, 2.05) is 24.3 Å². The summed E-state index contributed by atoms with van der Waals surface area (Å²) in [6.07, 6.45) is 2.17. The quantitative estimate of drug-likeness (QED) is 0.284. The van der Waals surface area contributed by atoms with E-state index in [0.29, 0.717) is 18.8 Å². The number of hydrogen-bond donors (Lipinski definition) is 3. The van der Waals surface area contributed by atoms with Gasteiger partial charge in [0, 0.05) is 32.4 Å². The molecule has 31 heavy (non-hydrogen) atoms. The van der Waals surface area contributed by atoms with Crippen molar-refractivity contribution in [1.82, 2.24) is 15.5 Å². The Hall–Kier alpha value is -2.33. The molecule has 0 bridgehead atoms. The van der Waals surface area contributed by atoms with Crippen LogP contribution in [0.15, 0.2) is 53.5 Å². The molecule has 7 nitrogen and oxygen atoms in total. The number of guanidine groups is 1. The van der Waals surface area contributed by atoms with Crippen LogP contribution in [0.4, 0.5) is 10.5 Å². The molecule has 1 aliphatic rings. The zero-order valence-electron chi connectivity index (χ0n) is 18.2. The first-order valence-corrected chi connectivity index (χ1v) is 10.3. The summed E-state index contributed by atoms with van der Waals surface area (Å²) in [6.45, 7) is 4.83. The Balaban J connectivity index is 0.00000341. The van der Waals surface area contributed by atoms with Gasteiger partial charge < -0.3 is 15.4 Å². The third-order valence-electron chi connectivity index (χ3n) is 5.16. The molecule has 1 saturated heterocycles.